The van der Waals surface area contributed by atoms with Crippen LogP contribution in [0.1, 0.15) is 0 Å². The molecule has 1 aliphatic heterocycles. The van der Waals surface area contributed by atoms with Gasteiger partial charge in [0.1, 0.15) is 21.8 Å². The van der Waals surface area contributed by atoms with Crippen molar-refractivity contribution in [3.05, 3.63) is 89.7 Å². The molecule has 36 heavy (non-hydrogen) atoms. The Morgan fingerprint density at radius 3 is 2.28 bits per heavy atom. The third kappa shape index (κ3) is 4.43. The highest BCUT2D eigenvalue weighted by Gasteiger charge is 2.36. The van der Waals surface area contributed by atoms with Gasteiger partial charge in [-0.2, -0.15) is 4.31 Å². The molecular weight excluding hydrogens is 474 g/mol. The number of hydrogen-bond donors (Lipinski definition) is 0. The number of aliphatic imine (C=N–C) groups is 2. The summed E-state index contributed by atoms with van der Waals surface area (Å²) < 4.78 is 35.1. The topological polar surface area (TPSA) is 87.5 Å². The lowest BCUT2D eigenvalue weighted by atomic mass is 10.1. The minimum absolute atomic E-state index is 0.127. The Bertz CT molecular complexity index is 1500. The fourth-order valence-corrected chi connectivity index (χ4v) is 6.10. The van der Waals surface area contributed by atoms with E-state index in [1.54, 1.807) is 32.4 Å². The van der Waals surface area contributed by atoms with Crippen LogP contribution in [0.3, 0.4) is 0 Å². The number of ether oxygens (including phenoxy) is 1. The summed E-state index contributed by atoms with van der Waals surface area (Å²) in [5.41, 5.74) is 2.48. The van der Waals surface area contributed by atoms with Crippen molar-refractivity contribution in [1.82, 2.24) is 9.29 Å². The van der Waals surface area contributed by atoms with Crippen LogP contribution in [0, 0.1) is 0 Å². The number of allylic oxidation sites excluding steroid dienone is 4. The number of anilines is 1. The molecule has 3 aromatic rings. The Hall–Kier alpha value is -3.82. The zero-order valence-corrected chi connectivity index (χ0v) is 21.0. The largest absolute Gasteiger partial charge is 0.453 e. The minimum Gasteiger partial charge on any atom is -0.453 e. The number of pyridine rings is 1. The molecule has 1 fully saturated rings. The Kier molecular flexibility index (Phi) is 6.67. The number of hydrogen-bond acceptors (Lipinski definition) is 7. The Labute approximate surface area is 211 Å². The lowest BCUT2D eigenvalue weighted by Crippen LogP contribution is -2.50. The molecule has 0 unspecified atom stereocenters. The smallest absolute Gasteiger partial charge is 0.245 e. The summed E-state index contributed by atoms with van der Waals surface area (Å²) in [5.74, 6) is 0.983. The second-order valence-corrected chi connectivity index (χ2v) is 10.3. The number of aromatic nitrogens is 1. The second kappa shape index (κ2) is 10.0. The van der Waals surface area contributed by atoms with Crippen molar-refractivity contribution in [2.24, 2.45) is 9.98 Å². The number of rotatable bonds is 5. The molecule has 2 aromatic carbocycles. The maximum atomic E-state index is 13.7. The Morgan fingerprint density at radius 1 is 0.833 bits per heavy atom. The standard InChI is InChI=1S/C27H27N5O3S/c1-28-26-23(35-22-12-6-8-20-9-7-15-30-25(20)22)13-14-24(27(26)29-2)36(33,34)32-18-16-31(17-19-32)21-10-4-3-5-11-21/h3-15H,16-19H2,1-2H3. The fraction of sp³-hybridized carbons (Fsp3) is 0.222. The molecule has 184 valence electrons. The summed E-state index contributed by atoms with van der Waals surface area (Å²) in [6.07, 6.45) is 4.91. The van der Waals surface area contributed by atoms with Gasteiger partial charge >= 0.3 is 0 Å². The molecule has 0 atom stereocenters. The first-order valence-electron chi connectivity index (χ1n) is 11.7. The number of fused-ring (bicyclic) bond motifs is 1. The van der Waals surface area contributed by atoms with Crippen LogP contribution < -0.4 is 9.64 Å². The maximum Gasteiger partial charge on any atom is 0.245 e. The van der Waals surface area contributed by atoms with Crippen molar-refractivity contribution in [1.29, 1.82) is 0 Å². The maximum absolute atomic E-state index is 13.7. The molecule has 2 aliphatic rings. The summed E-state index contributed by atoms with van der Waals surface area (Å²) >= 11 is 0. The van der Waals surface area contributed by atoms with Crippen molar-refractivity contribution in [2.75, 3.05) is 45.2 Å². The quantitative estimate of drug-likeness (QED) is 0.498. The molecule has 1 aromatic heterocycles. The molecule has 2 heterocycles. The van der Waals surface area contributed by atoms with Gasteiger partial charge in [-0.05, 0) is 36.4 Å². The van der Waals surface area contributed by atoms with Crippen molar-refractivity contribution < 1.29 is 13.2 Å². The van der Waals surface area contributed by atoms with Crippen LogP contribution in [-0.4, -0.2) is 69.4 Å². The first kappa shape index (κ1) is 23.9. The van der Waals surface area contributed by atoms with Gasteiger partial charge in [-0.15, -0.1) is 0 Å². The molecule has 1 aliphatic carbocycles. The van der Waals surface area contributed by atoms with E-state index in [1.165, 1.54) is 4.31 Å². The van der Waals surface area contributed by atoms with Gasteiger partial charge in [0.15, 0.2) is 11.5 Å². The van der Waals surface area contributed by atoms with Crippen LogP contribution in [0.15, 0.2) is 99.7 Å². The number of nitrogens with zero attached hydrogens (tertiary/aromatic N) is 5. The predicted octanol–water partition coefficient (Wildman–Crippen LogP) is 3.69. The molecule has 0 N–H and O–H groups in total. The van der Waals surface area contributed by atoms with Crippen molar-refractivity contribution >= 4 is 38.0 Å². The zero-order valence-electron chi connectivity index (χ0n) is 20.2. The van der Waals surface area contributed by atoms with Crippen LogP contribution in [-0.2, 0) is 10.0 Å². The molecule has 8 nitrogen and oxygen atoms in total. The van der Waals surface area contributed by atoms with E-state index in [0.29, 0.717) is 48.9 Å². The van der Waals surface area contributed by atoms with Crippen LogP contribution in [0.25, 0.3) is 10.9 Å². The van der Waals surface area contributed by atoms with Gasteiger partial charge in [0.25, 0.3) is 0 Å². The molecule has 5 rings (SSSR count). The van der Waals surface area contributed by atoms with Crippen LogP contribution in [0.4, 0.5) is 5.69 Å². The zero-order chi connectivity index (χ0) is 25.1. The van der Waals surface area contributed by atoms with E-state index in [0.717, 1.165) is 11.1 Å². The van der Waals surface area contributed by atoms with E-state index in [2.05, 4.69) is 19.9 Å². The van der Waals surface area contributed by atoms with Gasteiger partial charge in [-0.25, -0.2) is 8.42 Å². The summed E-state index contributed by atoms with van der Waals surface area (Å²) in [7, 11) is -0.609. The Morgan fingerprint density at radius 2 is 1.56 bits per heavy atom. The van der Waals surface area contributed by atoms with Gasteiger partial charge in [0, 0.05) is 57.5 Å². The highest BCUT2D eigenvalue weighted by Crippen LogP contribution is 2.29. The first-order chi connectivity index (χ1) is 17.5. The van der Waals surface area contributed by atoms with Gasteiger partial charge in [0.2, 0.25) is 10.0 Å². The second-order valence-electron chi connectivity index (χ2n) is 8.37. The minimum atomic E-state index is -3.78. The summed E-state index contributed by atoms with van der Waals surface area (Å²) in [6.45, 7) is 2.00. The SMILES string of the molecule is CN=C1C(Oc2cccc3cccnc23)=CC=C(S(=O)(=O)N2CCN(c3ccccc3)CC2)C1=NC. The number of para-hydroxylation sites is 2. The van der Waals surface area contributed by atoms with Crippen molar-refractivity contribution in [3.63, 3.8) is 0 Å². The monoisotopic (exact) mass is 501 g/mol. The van der Waals surface area contributed by atoms with E-state index in [1.807, 2.05) is 60.7 Å². The molecule has 0 bridgehead atoms. The van der Waals surface area contributed by atoms with Gasteiger partial charge in [-0.3, -0.25) is 15.0 Å². The van der Waals surface area contributed by atoms with E-state index in [-0.39, 0.29) is 10.6 Å². The average molecular weight is 502 g/mol. The highest BCUT2D eigenvalue weighted by atomic mass is 32.2. The van der Waals surface area contributed by atoms with E-state index >= 15 is 0 Å². The lowest BCUT2D eigenvalue weighted by molar-refractivity contribution is 0.389. The highest BCUT2D eigenvalue weighted by molar-refractivity contribution is 7.94. The van der Waals surface area contributed by atoms with Crippen molar-refractivity contribution in [3.8, 4) is 5.75 Å². The predicted molar refractivity (Wildman–Crippen MR) is 144 cm³/mol. The van der Waals surface area contributed by atoms with Crippen LogP contribution in [0.2, 0.25) is 0 Å². The molecule has 0 amide bonds. The fourth-order valence-electron chi connectivity index (χ4n) is 4.51. The van der Waals surface area contributed by atoms with E-state index in [9.17, 15) is 8.42 Å². The van der Waals surface area contributed by atoms with Gasteiger partial charge < -0.3 is 9.64 Å². The number of sulfonamides is 1. The summed E-state index contributed by atoms with van der Waals surface area (Å²) in [6, 6.07) is 19.5. The normalized spacial score (nSPS) is 19.4. The van der Waals surface area contributed by atoms with E-state index < -0.39 is 10.0 Å². The van der Waals surface area contributed by atoms with Gasteiger partial charge in [0.05, 0.1) is 0 Å². The molecule has 0 spiro atoms. The van der Waals surface area contributed by atoms with Crippen LogP contribution >= 0.6 is 0 Å². The first-order valence-corrected chi connectivity index (χ1v) is 13.2. The Balaban J connectivity index is 1.42. The molecule has 0 radical (unpaired) electrons. The number of benzene rings is 2. The summed E-state index contributed by atoms with van der Waals surface area (Å²) in [5, 5.41) is 0.944. The third-order valence-corrected chi connectivity index (χ3v) is 8.25. The molecule has 1 saturated heterocycles. The third-order valence-electron chi connectivity index (χ3n) is 6.32. The van der Waals surface area contributed by atoms with Crippen LogP contribution in [0.5, 0.6) is 5.75 Å². The van der Waals surface area contributed by atoms with Gasteiger partial charge in [-0.1, -0.05) is 36.4 Å². The average Bonchev–Trinajstić information content (AvgIpc) is 2.93. The number of piperazine rings is 1. The van der Waals surface area contributed by atoms with E-state index in [4.69, 9.17) is 4.74 Å². The lowest BCUT2D eigenvalue weighted by Gasteiger charge is -2.36. The molecule has 0 saturated carbocycles. The molecular formula is C27H27N5O3S. The summed E-state index contributed by atoms with van der Waals surface area (Å²) in [4.78, 5) is 15.4. The molecule has 9 heteroatoms. The van der Waals surface area contributed by atoms with Crippen molar-refractivity contribution in [2.45, 2.75) is 0 Å².